The van der Waals surface area contributed by atoms with Crippen molar-refractivity contribution in [1.82, 2.24) is 10.3 Å². The fourth-order valence-corrected chi connectivity index (χ4v) is 2.18. The number of aromatic nitrogens is 1. The van der Waals surface area contributed by atoms with Gasteiger partial charge in [0.2, 0.25) is 0 Å². The lowest BCUT2D eigenvalue weighted by Crippen LogP contribution is -2.48. The van der Waals surface area contributed by atoms with E-state index in [-0.39, 0.29) is 12.1 Å². The molecule has 0 aromatic carbocycles. The monoisotopic (exact) mass is 250 g/mol. The van der Waals surface area contributed by atoms with Crippen LogP contribution in [-0.2, 0) is 15.9 Å². The Labute approximate surface area is 109 Å². The SMILES string of the molecule is CCNC(Cc1ccc(C)cn1)C1COCCO1. The van der Waals surface area contributed by atoms with Crippen LogP contribution < -0.4 is 5.32 Å². The highest BCUT2D eigenvalue weighted by Crippen LogP contribution is 2.11. The van der Waals surface area contributed by atoms with E-state index < -0.39 is 0 Å². The zero-order valence-electron chi connectivity index (χ0n) is 11.2. The third kappa shape index (κ3) is 3.77. The fourth-order valence-electron chi connectivity index (χ4n) is 2.18. The lowest BCUT2D eigenvalue weighted by Gasteiger charge is -2.30. The molecule has 100 valence electrons. The van der Waals surface area contributed by atoms with Gasteiger partial charge in [-0.15, -0.1) is 0 Å². The van der Waals surface area contributed by atoms with Crippen LogP contribution in [-0.4, -0.2) is 43.5 Å². The Kier molecular flexibility index (Phi) is 5.11. The van der Waals surface area contributed by atoms with E-state index in [4.69, 9.17) is 9.47 Å². The number of rotatable bonds is 5. The van der Waals surface area contributed by atoms with Crippen LogP contribution in [0.4, 0.5) is 0 Å². The molecule has 1 aromatic heterocycles. The van der Waals surface area contributed by atoms with E-state index in [0.29, 0.717) is 19.8 Å². The first kappa shape index (κ1) is 13.5. The molecule has 1 aliphatic rings. The Balaban J connectivity index is 1.98. The van der Waals surface area contributed by atoms with Gasteiger partial charge >= 0.3 is 0 Å². The second-order valence-electron chi connectivity index (χ2n) is 4.68. The highest BCUT2D eigenvalue weighted by molar-refractivity contribution is 5.13. The van der Waals surface area contributed by atoms with Crippen molar-refractivity contribution in [3.63, 3.8) is 0 Å². The number of ether oxygens (including phenoxy) is 2. The highest BCUT2D eigenvalue weighted by atomic mass is 16.6. The Morgan fingerprint density at radius 1 is 1.44 bits per heavy atom. The molecule has 2 rings (SSSR count). The third-order valence-corrected chi connectivity index (χ3v) is 3.16. The minimum Gasteiger partial charge on any atom is -0.376 e. The van der Waals surface area contributed by atoms with Crippen molar-refractivity contribution in [2.75, 3.05) is 26.4 Å². The minimum absolute atomic E-state index is 0.127. The van der Waals surface area contributed by atoms with Crippen LogP contribution >= 0.6 is 0 Å². The maximum atomic E-state index is 5.77. The molecule has 0 radical (unpaired) electrons. The Bertz CT molecular complexity index is 347. The van der Waals surface area contributed by atoms with E-state index in [1.165, 1.54) is 5.56 Å². The predicted molar refractivity (Wildman–Crippen MR) is 70.7 cm³/mol. The van der Waals surface area contributed by atoms with Crippen LogP contribution in [0, 0.1) is 6.92 Å². The number of aryl methyl sites for hydroxylation is 1. The van der Waals surface area contributed by atoms with Gasteiger partial charge in [-0.05, 0) is 25.1 Å². The largest absolute Gasteiger partial charge is 0.376 e. The first-order valence-electron chi connectivity index (χ1n) is 6.64. The second-order valence-corrected chi connectivity index (χ2v) is 4.68. The molecule has 18 heavy (non-hydrogen) atoms. The summed E-state index contributed by atoms with van der Waals surface area (Å²) in [7, 11) is 0. The highest BCUT2D eigenvalue weighted by Gasteiger charge is 2.24. The van der Waals surface area contributed by atoms with E-state index in [0.717, 1.165) is 18.7 Å². The van der Waals surface area contributed by atoms with E-state index in [1.807, 2.05) is 6.20 Å². The molecule has 2 atom stereocenters. The number of likely N-dealkylation sites (N-methyl/N-ethyl adjacent to an activating group) is 1. The molecule has 4 heteroatoms. The number of nitrogens with one attached hydrogen (secondary N) is 1. The summed E-state index contributed by atoms with van der Waals surface area (Å²) in [5.41, 5.74) is 2.29. The van der Waals surface area contributed by atoms with Gasteiger partial charge in [-0.1, -0.05) is 13.0 Å². The van der Waals surface area contributed by atoms with Gasteiger partial charge in [-0.25, -0.2) is 0 Å². The quantitative estimate of drug-likeness (QED) is 0.856. The Morgan fingerprint density at radius 2 is 2.33 bits per heavy atom. The van der Waals surface area contributed by atoms with Gasteiger partial charge in [0, 0.05) is 24.4 Å². The molecule has 0 saturated carbocycles. The summed E-state index contributed by atoms with van der Waals surface area (Å²) in [5.74, 6) is 0. The molecule has 1 aliphatic heterocycles. The summed E-state index contributed by atoms with van der Waals surface area (Å²) in [6.07, 6.45) is 2.92. The molecule has 1 saturated heterocycles. The van der Waals surface area contributed by atoms with Crippen molar-refractivity contribution in [3.8, 4) is 0 Å². The van der Waals surface area contributed by atoms with Gasteiger partial charge in [0.1, 0.15) is 0 Å². The van der Waals surface area contributed by atoms with Gasteiger partial charge < -0.3 is 14.8 Å². The number of nitrogens with zero attached hydrogens (tertiary/aromatic N) is 1. The van der Waals surface area contributed by atoms with E-state index in [9.17, 15) is 0 Å². The van der Waals surface area contributed by atoms with Crippen LogP contribution in [0.2, 0.25) is 0 Å². The van der Waals surface area contributed by atoms with Gasteiger partial charge in [0.05, 0.1) is 25.9 Å². The van der Waals surface area contributed by atoms with E-state index >= 15 is 0 Å². The van der Waals surface area contributed by atoms with Crippen molar-refractivity contribution < 1.29 is 9.47 Å². The lowest BCUT2D eigenvalue weighted by molar-refractivity contribution is -0.101. The first-order valence-corrected chi connectivity index (χ1v) is 6.64. The van der Waals surface area contributed by atoms with Crippen LogP contribution in [0.1, 0.15) is 18.2 Å². The normalized spacial score (nSPS) is 21.8. The van der Waals surface area contributed by atoms with Crippen LogP contribution in [0.5, 0.6) is 0 Å². The van der Waals surface area contributed by atoms with Crippen molar-refractivity contribution >= 4 is 0 Å². The second kappa shape index (κ2) is 6.83. The summed E-state index contributed by atoms with van der Waals surface area (Å²) in [6, 6.07) is 4.46. The maximum absolute atomic E-state index is 5.77. The fraction of sp³-hybridized carbons (Fsp3) is 0.643. The van der Waals surface area contributed by atoms with Crippen molar-refractivity contribution in [2.24, 2.45) is 0 Å². The van der Waals surface area contributed by atoms with Crippen LogP contribution in [0.15, 0.2) is 18.3 Å². The molecular weight excluding hydrogens is 228 g/mol. The molecule has 1 aromatic rings. The zero-order valence-corrected chi connectivity index (χ0v) is 11.2. The average Bonchev–Trinajstić information content (AvgIpc) is 2.42. The lowest BCUT2D eigenvalue weighted by atomic mass is 10.0. The van der Waals surface area contributed by atoms with Gasteiger partial charge in [0.15, 0.2) is 0 Å². The van der Waals surface area contributed by atoms with Crippen molar-refractivity contribution in [3.05, 3.63) is 29.6 Å². The molecule has 0 amide bonds. The summed E-state index contributed by atoms with van der Waals surface area (Å²) >= 11 is 0. The Morgan fingerprint density at radius 3 is 2.94 bits per heavy atom. The molecule has 0 aliphatic carbocycles. The topological polar surface area (TPSA) is 43.4 Å². The average molecular weight is 250 g/mol. The van der Waals surface area contributed by atoms with E-state index in [1.54, 1.807) is 0 Å². The summed E-state index contributed by atoms with van der Waals surface area (Å²) < 4.78 is 11.3. The molecule has 2 heterocycles. The van der Waals surface area contributed by atoms with E-state index in [2.05, 4.69) is 36.3 Å². The summed E-state index contributed by atoms with van der Waals surface area (Å²) in [4.78, 5) is 4.46. The first-order chi connectivity index (χ1) is 8.79. The van der Waals surface area contributed by atoms with Crippen LogP contribution in [0.25, 0.3) is 0 Å². The molecule has 0 bridgehead atoms. The Hall–Kier alpha value is -0.970. The van der Waals surface area contributed by atoms with Gasteiger partial charge in [-0.2, -0.15) is 0 Å². The molecular formula is C14H22N2O2. The number of hydrogen-bond donors (Lipinski definition) is 1. The molecule has 2 unspecified atom stereocenters. The predicted octanol–water partition coefficient (Wildman–Crippen LogP) is 1.33. The molecule has 4 nitrogen and oxygen atoms in total. The zero-order chi connectivity index (χ0) is 12.8. The van der Waals surface area contributed by atoms with Gasteiger partial charge in [0.25, 0.3) is 0 Å². The van der Waals surface area contributed by atoms with Gasteiger partial charge in [-0.3, -0.25) is 4.98 Å². The van der Waals surface area contributed by atoms with Crippen molar-refractivity contribution in [2.45, 2.75) is 32.4 Å². The minimum atomic E-state index is 0.127. The summed E-state index contributed by atoms with van der Waals surface area (Å²) in [6.45, 7) is 7.15. The maximum Gasteiger partial charge on any atom is 0.0965 e. The molecule has 1 N–H and O–H groups in total. The van der Waals surface area contributed by atoms with Crippen LogP contribution in [0.3, 0.4) is 0 Å². The standard InChI is InChI=1S/C14H22N2O2/c1-3-15-13(14-10-17-6-7-18-14)8-12-5-4-11(2)9-16-12/h4-5,9,13-15H,3,6-8,10H2,1-2H3. The summed E-state index contributed by atoms with van der Waals surface area (Å²) in [5, 5.41) is 3.47. The number of pyridine rings is 1. The third-order valence-electron chi connectivity index (χ3n) is 3.16. The molecule has 1 fully saturated rings. The smallest absolute Gasteiger partial charge is 0.0965 e. The van der Waals surface area contributed by atoms with Crippen molar-refractivity contribution in [1.29, 1.82) is 0 Å². The number of hydrogen-bond acceptors (Lipinski definition) is 4. The molecule has 0 spiro atoms.